The van der Waals surface area contributed by atoms with Crippen molar-refractivity contribution in [2.45, 2.75) is 32.0 Å². The number of β-amino-alcohol motifs (C(OH)–C–C–N with tert-alkyl or cyclic N) is 1. The van der Waals surface area contributed by atoms with Crippen molar-refractivity contribution in [1.29, 1.82) is 0 Å². The summed E-state index contributed by atoms with van der Waals surface area (Å²) < 4.78 is 30.0. The number of fused-ring (bicyclic) bond motifs is 1. The van der Waals surface area contributed by atoms with E-state index in [2.05, 4.69) is 9.88 Å². The highest BCUT2D eigenvalue weighted by atomic mass is 35.5. The molecule has 1 fully saturated rings. The van der Waals surface area contributed by atoms with Gasteiger partial charge in [0.2, 0.25) is 0 Å². The summed E-state index contributed by atoms with van der Waals surface area (Å²) >= 11 is 5.87. The van der Waals surface area contributed by atoms with Gasteiger partial charge in [0.1, 0.15) is 17.5 Å². The SMILES string of the molecule is CN1CCCn2c(-c3cc(Cl)c(F)cc3F)nc(C(=O)N3CCC(O)C3)c2C1. The molecule has 0 radical (unpaired) electrons. The van der Waals surface area contributed by atoms with Crippen LogP contribution in [0.15, 0.2) is 12.1 Å². The van der Waals surface area contributed by atoms with Gasteiger partial charge in [0, 0.05) is 32.2 Å². The number of nitrogens with zero attached hydrogens (tertiary/aromatic N) is 4. The maximum absolute atomic E-state index is 14.5. The third kappa shape index (κ3) is 3.40. The minimum absolute atomic E-state index is 0.0673. The maximum Gasteiger partial charge on any atom is 0.274 e. The second-order valence-corrected chi connectivity index (χ2v) is 7.82. The summed E-state index contributed by atoms with van der Waals surface area (Å²) in [5.41, 5.74) is 1.01. The zero-order valence-corrected chi connectivity index (χ0v) is 16.2. The Morgan fingerprint density at radius 1 is 1.25 bits per heavy atom. The van der Waals surface area contributed by atoms with E-state index in [0.29, 0.717) is 31.7 Å². The van der Waals surface area contributed by atoms with Gasteiger partial charge >= 0.3 is 0 Å². The number of rotatable bonds is 2. The molecule has 2 aliphatic heterocycles. The Balaban J connectivity index is 1.84. The third-order valence-corrected chi connectivity index (χ3v) is 5.61. The second kappa shape index (κ2) is 7.42. The zero-order valence-electron chi connectivity index (χ0n) is 15.5. The van der Waals surface area contributed by atoms with Crippen LogP contribution < -0.4 is 0 Å². The van der Waals surface area contributed by atoms with Gasteiger partial charge in [-0.2, -0.15) is 0 Å². The smallest absolute Gasteiger partial charge is 0.274 e. The van der Waals surface area contributed by atoms with E-state index in [0.717, 1.165) is 19.0 Å². The Hall–Kier alpha value is -2.03. The topological polar surface area (TPSA) is 61.6 Å². The molecule has 1 amide bonds. The van der Waals surface area contributed by atoms with Crippen LogP contribution in [-0.2, 0) is 13.1 Å². The molecule has 1 N–H and O–H groups in total. The molecule has 1 atom stereocenters. The van der Waals surface area contributed by atoms with E-state index in [-0.39, 0.29) is 34.6 Å². The summed E-state index contributed by atoms with van der Waals surface area (Å²) in [6.45, 7) is 2.58. The summed E-state index contributed by atoms with van der Waals surface area (Å²) in [5, 5.41) is 9.57. The maximum atomic E-state index is 14.5. The summed E-state index contributed by atoms with van der Waals surface area (Å²) in [6.07, 6.45) is 0.789. The van der Waals surface area contributed by atoms with E-state index in [4.69, 9.17) is 11.6 Å². The van der Waals surface area contributed by atoms with Crippen molar-refractivity contribution >= 4 is 17.5 Å². The number of benzene rings is 1. The Morgan fingerprint density at radius 3 is 2.75 bits per heavy atom. The molecule has 4 rings (SSSR count). The first kappa shape index (κ1) is 19.3. The first-order valence-electron chi connectivity index (χ1n) is 9.25. The number of hydrogen-bond donors (Lipinski definition) is 1. The molecule has 1 aromatic heterocycles. The van der Waals surface area contributed by atoms with E-state index in [1.54, 1.807) is 4.90 Å². The van der Waals surface area contributed by atoms with Gasteiger partial charge in [0.15, 0.2) is 5.69 Å². The molecule has 1 aromatic carbocycles. The number of halogens is 3. The van der Waals surface area contributed by atoms with Crippen LogP contribution in [0.3, 0.4) is 0 Å². The van der Waals surface area contributed by atoms with Crippen molar-refractivity contribution in [3.8, 4) is 11.4 Å². The van der Waals surface area contributed by atoms with Crippen LogP contribution in [0.4, 0.5) is 8.78 Å². The van der Waals surface area contributed by atoms with Gasteiger partial charge < -0.3 is 19.5 Å². The largest absolute Gasteiger partial charge is 0.391 e. The average molecular weight is 411 g/mol. The Bertz CT molecular complexity index is 933. The van der Waals surface area contributed by atoms with Crippen LogP contribution in [0.2, 0.25) is 5.02 Å². The van der Waals surface area contributed by atoms with Gasteiger partial charge in [-0.25, -0.2) is 13.8 Å². The molecule has 28 heavy (non-hydrogen) atoms. The lowest BCUT2D eigenvalue weighted by Crippen LogP contribution is -2.31. The zero-order chi connectivity index (χ0) is 20.0. The highest BCUT2D eigenvalue weighted by Crippen LogP contribution is 2.31. The normalized spacial score (nSPS) is 20.3. The summed E-state index contributed by atoms with van der Waals surface area (Å²) in [5.74, 6) is -1.63. The molecule has 150 valence electrons. The fourth-order valence-corrected chi connectivity index (χ4v) is 4.03. The lowest BCUT2D eigenvalue weighted by atomic mass is 10.2. The third-order valence-electron chi connectivity index (χ3n) is 5.32. The predicted octanol–water partition coefficient (Wildman–Crippen LogP) is 2.52. The number of aromatic nitrogens is 2. The highest BCUT2D eigenvalue weighted by Gasteiger charge is 2.32. The Kier molecular flexibility index (Phi) is 5.11. The number of aliphatic hydroxyl groups excluding tert-OH is 1. The van der Waals surface area contributed by atoms with Crippen LogP contribution in [0.5, 0.6) is 0 Å². The lowest BCUT2D eigenvalue weighted by Gasteiger charge is -2.17. The van der Waals surface area contributed by atoms with Crippen LogP contribution in [0, 0.1) is 11.6 Å². The lowest BCUT2D eigenvalue weighted by molar-refractivity contribution is 0.0757. The molecule has 0 aliphatic carbocycles. The van der Waals surface area contributed by atoms with Crippen LogP contribution in [0.1, 0.15) is 29.0 Å². The molecule has 1 unspecified atom stereocenters. The molecular weight excluding hydrogens is 390 g/mol. The predicted molar refractivity (Wildman–Crippen MR) is 100 cm³/mol. The number of likely N-dealkylation sites (tertiary alicyclic amines) is 1. The van der Waals surface area contributed by atoms with E-state index in [9.17, 15) is 18.7 Å². The van der Waals surface area contributed by atoms with Crippen molar-refractivity contribution < 1.29 is 18.7 Å². The Morgan fingerprint density at radius 2 is 2.04 bits per heavy atom. The molecule has 6 nitrogen and oxygen atoms in total. The summed E-state index contributed by atoms with van der Waals surface area (Å²) in [7, 11) is 1.95. The minimum atomic E-state index is -0.840. The van der Waals surface area contributed by atoms with Crippen LogP contribution in [-0.4, -0.2) is 63.2 Å². The fraction of sp³-hybridized carbons (Fsp3) is 0.474. The van der Waals surface area contributed by atoms with Gasteiger partial charge in [-0.15, -0.1) is 0 Å². The number of carbonyl (C=O) groups excluding carboxylic acids is 1. The number of aliphatic hydroxyl groups is 1. The molecule has 9 heteroatoms. The molecule has 0 spiro atoms. The van der Waals surface area contributed by atoms with Gasteiger partial charge in [0.05, 0.1) is 22.4 Å². The quantitative estimate of drug-likeness (QED) is 0.773. The van der Waals surface area contributed by atoms with Gasteiger partial charge in [-0.1, -0.05) is 11.6 Å². The Labute approximate surface area is 166 Å². The van der Waals surface area contributed by atoms with E-state index in [1.807, 2.05) is 11.6 Å². The van der Waals surface area contributed by atoms with Crippen molar-refractivity contribution in [2.24, 2.45) is 0 Å². The van der Waals surface area contributed by atoms with Crippen LogP contribution in [0.25, 0.3) is 11.4 Å². The molecule has 1 saturated heterocycles. The number of imidazole rings is 1. The van der Waals surface area contributed by atoms with Crippen molar-refractivity contribution in [2.75, 3.05) is 26.7 Å². The molecule has 2 aliphatic rings. The minimum Gasteiger partial charge on any atom is -0.391 e. The molecule has 2 aromatic rings. The average Bonchev–Trinajstić information content (AvgIpc) is 3.17. The molecule has 0 bridgehead atoms. The first-order valence-corrected chi connectivity index (χ1v) is 9.63. The number of carbonyl (C=O) groups is 1. The highest BCUT2D eigenvalue weighted by molar-refractivity contribution is 6.31. The van der Waals surface area contributed by atoms with Gasteiger partial charge in [-0.3, -0.25) is 4.79 Å². The number of amides is 1. The summed E-state index contributed by atoms with van der Waals surface area (Å²) in [4.78, 5) is 21.2. The summed E-state index contributed by atoms with van der Waals surface area (Å²) in [6, 6.07) is 1.95. The number of hydrogen-bond acceptors (Lipinski definition) is 4. The van der Waals surface area contributed by atoms with Crippen molar-refractivity contribution in [3.05, 3.63) is 40.2 Å². The first-order chi connectivity index (χ1) is 13.3. The van der Waals surface area contributed by atoms with Gasteiger partial charge in [-0.05, 0) is 32.5 Å². The molecule has 3 heterocycles. The standard InChI is InChI=1S/C19H21ClF2N4O2/c1-24-4-2-5-26-16(10-24)17(19(28)25-6-3-11(27)9-25)23-18(26)12-7-13(20)15(22)8-14(12)21/h7-8,11,27H,2-6,9-10H2,1H3. The van der Waals surface area contributed by atoms with E-state index < -0.39 is 17.7 Å². The molecular formula is C19H21ClF2N4O2. The van der Waals surface area contributed by atoms with Crippen molar-refractivity contribution in [3.63, 3.8) is 0 Å². The van der Waals surface area contributed by atoms with Crippen LogP contribution >= 0.6 is 11.6 Å². The second-order valence-electron chi connectivity index (χ2n) is 7.41. The fourth-order valence-electron chi connectivity index (χ4n) is 3.87. The van der Waals surface area contributed by atoms with Gasteiger partial charge in [0.25, 0.3) is 5.91 Å². The van der Waals surface area contributed by atoms with E-state index in [1.165, 1.54) is 6.07 Å². The van der Waals surface area contributed by atoms with Crippen molar-refractivity contribution in [1.82, 2.24) is 19.4 Å². The van der Waals surface area contributed by atoms with E-state index >= 15 is 0 Å². The molecule has 0 saturated carbocycles. The monoisotopic (exact) mass is 410 g/mol.